The van der Waals surface area contributed by atoms with Gasteiger partial charge in [-0.1, -0.05) is 24.0 Å². The minimum atomic E-state index is -3.75. The molecule has 20 heavy (non-hydrogen) atoms. The van der Waals surface area contributed by atoms with Gasteiger partial charge in [-0.15, -0.1) is 0 Å². The van der Waals surface area contributed by atoms with Gasteiger partial charge in [0.1, 0.15) is 11.2 Å². The molecule has 0 amide bonds. The number of aromatic nitrogens is 2. The topological polar surface area (TPSA) is 98.0 Å². The van der Waals surface area contributed by atoms with Gasteiger partial charge < -0.3 is 5.73 Å². The van der Waals surface area contributed by atoms with Gasteiger partial charge in [-0.3, -0.25) is 4.72 Å². The number of rotatable bonds is 3. The molecule has 0 atom stereocenters. The molecule has 0 bridgehead atoms. The molecule has 0 saturated heterocycles. The van der Waals surface area contributed by atoms with Crippen molar-refractivity contribution in [1.29, 1.82) is 0 Å². The lowest BCUT2D eigenvalue weighted by Crippen LogP contribution is -2.14. The van der Waals surface area contributed by atoms with Crippen LogP contribution in [0.3, 0.4) is 0 Å². The van der Waals surface area contributed by atoms with E-state index in [4.69, 9.17) is 5.73 Å². The van der Waals surface area contributed by atoms with Gasteiger partial charge in [0, 0.05) is 5.56 Å². The Hall–Kier alpha value is -2.43. The predicted octanol–water partition coefficient (Wildman–Crippen LogP) is 0.588. The minimum absolute atomic E-state index is 0.0878. The van der Waals surface area contributed by atoms with Crippen LogP contribution in [0.25, 0.3) is 0 Å². The number of nitrogens with zero attached hydrogens (tertiary/aromatic N) is 2. The highest BCUT2D eigenvalue weighted by molar-refractivity contribution is 7.92. The Kier molecular flexibility index (Phi) is 4.30. The predicted molar refractivity (Wildman–Crippen MR) is 75.2 cm³/mol. The number of anilines is 1. The normalized spacial score (nSPS) is 10.4. The summed E-state index contributed by atoms with van der Waals surface area (Å²) in [5, 5.41) is 0. The van der Waals surface area contributed by atoms with E-state index in [0.717, 1.165) is 0 Å². The van der Waals surface area contributed by atoms with Crippen LogP contribution in [0.2, 0.25) is 0 Å². The fourth-order valence-corrected chi connectivity index (χ4v) is 2.70. The van der Waals surface area contributed by atoms with Gasteiger partial charge in [-0.25, -0.2) is 18.4 Å². The highest BCUT2D eigenvalue weighted by Crippen LogP contribution is 2.18. The molecule has 0 radical (unpaired) electrons. The van der Waals surface area contributed by atoms with Gasteiger partial charge in [0.2, 0.25) is 0 Å². The molecule has 0 aliphatic heterocycles. The third-order valence-corrected chi connectivity index (χ3v) is 3.75. The zero-order valence-electron chi connectivity index (χ0n) is 10.4. The van der Waals surface area contributed by atoms with Gasteiger partial charge in [-0.2, -0.15) is 0 Å². The quantitative estimate of drug-likeness (QED) is 0.805. The largest absolute Gasteiger partial charge is 0.320 e. The molecule has 102 valence electrons. The second-order valence-electron chi connectivity index (χ2n) is 3.73. The fourth-order valence-electron chi connectivity index (χ4n) is 1.51. The molecule has 3 N–H and O–H groups in total. The van der Waals surface area contributed by atoms with E-state index in [2.05, 4.69) is 26.5 Å². The van der Waals surface area contributed by atoms with E-state index in [0.29, 0.717) is 5.56 Å². The molecule has 6 nitrogen and oxygen atoms in total. The first-order valence-electron chi connectivity index (χ1n) is 5.69. The summed E-state index contributed by atoms with van der Waals surface area (Å²) in [4.78, 5) is 7.59. The summed E-state index contributed by atoms with van der Waals surface area (Å²) in [6.07, 6.45) is 4.07. The van der Waals surface area contributed by atoms with E-state index in [-0.39, 0.29) is 17.1 Å². The molecule has 7 heteroatoms. The zero-order chi connectivity index (χ0) is 14.4. The van der Waals surface area contributed by atoms with E-state index in [1.807, 2.05) is 0 Å². The summed E-state index contributed by atoms with van der Waals surface area (Å²) in [6.45, 7) is 0.161. The summed E-state index contributed by atoms with van der Waals surface area (Å²) in [5.41, 5.74) is 5.98. The number of sulfonamides is 1. The molecule has 0 aliphatic carbocycles. The molecular weight excluding hydrogens is 276 g/mol. The standard InChI is InChI=1S/C13H12N4O2S/c14-7-3-5-11-4-1-2-6-13(11)20(18,19)17-12-8-15-10-16-9-12/h1-2,4,6,8-10,17H,7,14H2. The van der Waals surface area contributed by atoms with Crippen LogP contribution in [0.1, 0.15) is 5.56 Å². The summed E-state index contributed by atoms with van der Waals surface area (Å²) >= 11 is 0. The van der Waals surface area contributed by atoms with Gasteiger partial charge >= 0.3 is 0 Å². The summed E-state index contributed by atoms with van der Waals surface area (Å²) < 4.78 is 27.0. The van der Waals surface area contributed by atoms with Crippen molar-refractivity contribution in [3.8, 4) is 11.8 Å². The maximum absolute atomic E-state index is 12.3. The van der Waals surface area contributed by atoms with Crippen molar-refractivity contribution >= 4 is 15.7 Å². The molecule has 0 saturated carbocycles. The molecule has 1 heterocycles. The molecule has 2 rings (SSSR count). The first-order chi connectivity index (χ1) is 9.63. The second kappa shape index (κ2) is 6.14. The van der Waals surface area contributed by atoms with E-state index in [9.17, 15) is 8.42 Å². The van der Waals surface area contributed by atoms with Crippen LogP contribution in [0, 0.1) is 11.8 Å². The van der Waals surface area contributed by atoms with Gasteiger partial charge in [0.15, 0.2) is 0 Å². The van der Waals surface area contributed by atoms with Crippen LogP contribution < -0.4 is 10.5 Å². The van der Waals surface area contributed by atoms with Crippen LogP contribution in [-0.4, -0.2) is 24.9 Å². The maximum Gasteiger partial charge on any atom is 0.263 e. The first-order valence-corrected chi connectivity index (χ1v) is 7.17. The first kappa shape index (κ1) is 14.0. The van der Waals surface area contributed by atoms with E-state index in [1.165, 1.54) is 24.8 Å². The molecule has 0 fully saturated rings. The summed E-state index contributed by atoms with van der Waals surface area (Å²) in [5.74, 6) is 5.38. The Morgan fingerprint density at radius 3 is 2.60 bits per heavy atom. The van der Waals surface area contributed by atoms with Crippen LogP contribution in [0.4, 0.5) is 5.69 Å². The monoisotopic (exact) mass is 288 g/mol. The number of benzene rings is 1. The third-order valence-electron chi connectivity index (χ3n) is 2.31. The van der Waals surface area contributed by atoms with Crippen molar-refractivity contribution in [1.82, 2.24) is 9.97 Å². The average molecular weight is 288 g/mol. The molecule has 0 unspecified atom stereocenters. The van der Waals surface area contributed by atoms with Crippen LogP contribution in [-0.2, 0) is 10.0 Å². The number of nitrogens with two attached hydrogens (primary N) is 1. The Labute approximate surface area is 117 Å². The number of hydrogen-bond donors (Lipinski definition) is 2. The third kappa shape index (κ3) is 3.32. The van der Waals surface area contributed by atoms with E-state index in [1.54, 1.807) is 18.2 Å². The minimum Gasteiger partial charge on any atom is -0.320 e. The van der Waals surface area contributed by atoms with Crippen molar-refractivity contribution < 1.29 is 8.42 Å². The lowest BCUT2D eigenvalue weighted by molar-refractivity contribution is 0.601. The van der Waals surface area contributed by atoms with Crippen molar-refractivity contribution in [3.05, 3.63) is 48.5 Å². The van der Waals surface area contributed by atoms with Gasteiger partial charge in [0.25, 0.3) is 10.0 Å². The number of hydrogen-bond acceptors (Lipinski definition) is 5. The lowest BCUT2D eigenvalue weighted by atomic mass is 10.2. The van der Waals surface area contributed by atoms with Crippen molar-refractivity contribution in [2.75, 3.05) is 11.3 Å². The summed E-state index contributed by atoms with van der Waals surface area (Å²) in [7, 11) is -3.75. The second-order valence-corrected chi connectivity index (χ2v) is 5.39. The summed E-state index contributed by atoms with van der Waals surface area (Å²) in [6, 6.07) is 6.44. The van der Waals surface area contributed by atoms with Crippen LogP contribution in [0.5, 0.6) is 0 Å². The molecule has 0 aliphatic rings. The Morgan fingerprint density at radius 2 is 1.90 bits per heavy atom. The van der Waals surface area contributed by atoms with Crippen molar-refractivity contribution in [2.24, 2.45) is 5.73 Å². The van der Waals surface area contributed by atoms with Crippen molar-refractivity contribution in [3.63, 3.8) is 0 Å². The highest BCUT2D eigenvalue weighted by Gasteiger charge is 2.17. The Balaban J connectivity index is 2.40. The SMILES string of the molecule is NCC#Cc1ccccc1S(=O)(=O)Nc1cncnc1. The maximum atomic E-state index is 12.3. The molecule has 1 aromatic heterocycles. The number of nitrogens with one attached hydrogen (secondary N) is 1. The van der Waals surface area contributed by atoms with Crippen LogP contribution >= 0.6 is 0 Å². The Morgan fingerprint density at radius 1 is 1.20 bits per heavy atom. The highest BCUT2D eigenvalue weighted by atomic mass is 32.2. The van der Waals surface area contributed by atoms with Crippen molar-refractivity contribution in [2.45, 2.75) is 4.90 Å². The molecule has 1 aromatic carbocycles. The fraction of sp³-hybridized carbons (Fsp3) is 0.0769. The average Bonchev–Trinajstić information content (AvgIpc) is 2.46. The van der Waals surface area contributed by atoms with Gasteiger partial charge in [0.05, 0.1) is 24.6 Å². The Bertz CT molecular complexity index is 749. The van der Waals surface area contributed by atoms with Crippen LogP contribution in [0.15, 0.2) is 47.9 Å². The molecule has 0 spiro atoms. The van der Waals surface area contributed by atoms with E-state index < -0.39 is 10.0 Å². The van der Waals surface area contributed by atoms with E-state index >= 15 is 0 Å². The molecular formula is C13H12N4O2S. The van der Waals surface area contributed by atoms with Gasteiger partial charge in [-0.05, 0) is 12.1 Å². The zero-order valence-corrected chi connectivity index (χ0v) is 11.3. The smallest absolute Gasteiger partial charge is 0.263 e. The lowest BCUT2D eigenvalue weighted by Gasteiger charge is -2.08. The molecule has 2 aromatic rings.